The van der Waals surface area contributed by atoms with Gasteiger partial charge in [-0.1, -0.05) is 0 Å². The highest BCUT2D eigenvalue weighted by molar-refractivity contribution is 5.64. The lowest BCUT2D eigenvalue weighted by molar-refractivity contribution is 0.113. The van der Waals surface area contributed by atoms with Gasteiger partial charge in [-0.15, -0.1) is 0 Å². The average Bonchev–Trinajstić information content (AvgIpc) is 2.36. The number of hydrogen-bond donors (Lipinski definition) is 2. The average molecular weight is 146 g/mol. The summed E-state index contributed by atoms with van der Waals surface area (Å²) in [6, 6.07) is -0.155. The summed E-state index contributed by atoms with van der Waals surface area (Å²) in [5.41, 5.74) is 0. The van der Waals surface area contributed by atoms with Gasteiger partial charge in [-0.3, -0.25) is 0 Å². The maximum Gasteiger partial charge on any atom is 0.421 e. The number of amides is 1. The molecule has 1 aliphatic rings. The Labute approximate surface area is 58.3 Å². The molecule has 10 heavy (non-hydrogen) atoms. The number of nitrogens with two attached hydrogens (primary N) is 1. The topological polar surface area (TPSA) is 75.8 Å². The standard InChI is InChI=1S/C5H10N2O3/c6-7(5(8)9)4-1-2-10-3-4/h4H,1-3,6H2,(H,8,9)/t4-/m1/s1. The second-order valence-corrected chi connectivity index (χ2v) is 2.21. The van der Waals surface area contributed by atoms with Crippen LogP contribution in [0.5, 0.6) is 0 Å². The molecule has 1 heterocycles. The molecule has 0 radical (unpaired) electrons. The number of nitrogens with zero attached hydrogens (tertiary/aromatic N) is 1. The Kier molecular flexibility index (Phi) is 2.08. The van der Waals surface area contributed by atoms with E-state index in [1.165, 1.54) is 0 Å². The fourth-order valence-electron chi connectivity index (χ4n) is 0.898. The second-order valence-electron chi connectivity index (χ2n) is 2.21. The van der Waals surface area contributed by atoms with E-state index in [2.05, 4.69) is 0 Å². The van der Waals surface area contributed by atoms with E-state index in [-0.39, 0.29) is 6.04 Å². The van der Waals surface area contributed by atoms with Crippen molar-refractivity contribution in [3.8, 4) is 0 Å². The Morgan fingerprint density at radius 2 is 2.50 bits per heavy atom. The number of hydrazine groups is 1. The summed E-state index contributed by atoms with van der Waals surface area (Å²) in [7, 11) is 0. The van der Waals surface area contributed by atoms with Crippen molar-refractivity contribution in [3.63, 3.8) is 0 Å². The molecule has 3 N–H and O–H groups in total. The fourth-order valence-corrected chi connectivity index (χ4v) is 0.898. The molecule has 58 valence electrons. The molecule has 1 amide bonds. The normalized spacial score (nSPS) is 24.7. The number of rotatable bonds is 1. The molecule has 0 aromatic carbocycles. The van der Waals surface area contributed by atoms with E-state index in [1.807, 2.05) is 0 Å². The maximum atomic E-state index is 10.2. The van der Waals surface area contributed by atoms with Crippen molar-refractivity contribution in [2.45, 2.75) is 12.5 Å². The van der Waals surface area contributed by atoms with Gasteiger partial charge in [0, 0.05) is 6.61 Å². The van der Waals surface area contributed by atoms with E-state index in [4.69, 9.17) is 15.7 Å². The molecule has 5 heteroatoms. The van der Waals surface area contributed by atoms with E-state index < -0.39 is 6.09 Å². The maximum absolute atomic E-state index is 10.2. The molecular formula is C5H10N2O3. The van der Waals surface area contributed by atoms with Crippen LogP contribution in [0.4, 0.5) is 4.79 Å². The Morgan fingerprint density at radius 3 is 2.90 bits per heavy atom. The summed E-state index contributed by atoms with van der Waals surface area (Å²) in [5, 5.41) is 9.19. The third-order valence-electron chi connectivity index (χ3n) is 1.52. The van der Waals surface area contributed by atoms with Crippen molar-refractivity contribution in [3.05, 3.63) is 0 Å². The Bertz CT molecular complexity index is 133. The predicted molar refractivity (Wildman–Crippen MR) is 33.3 cm³/mol. The van der Waals surface area contributed by atoms with Crippen LogP contribution in [0.3, 0.4) is 0 Å². The van der Waals surface area contributed by atoms with Crippen LogP contribution in [0.15, 0.2) is 0 Å². The lowest BCUT2D eigenvalue weighted by Crippen LogP contribution is -2.45. The van der Waals surface area contributed by atoms with Crippen molar-refractivity contribution in [1.29, 1.82) is 0 Å². The van der Waals surface area contributed by atoms with Gasteiger partial charge in [-0.25, -0.2) is 15.6 Å². The third-order valence-corrected chi connectivity index (χ3v) is 1.52. The molecule has 1 atom stereocenters. The molecule has 5 nitrogen and oxygen atoms in total. The molecule has 1 saturated heterocycles. The van der Waals surface area contributed by atoms with Crippen LogP contribution < -0.4 is 5.84 Å². The number of carbonyl (C=O) groups is 1. The number of carboxylic acid groups (broad SMARTS) is 1. The van der Waals surface area contributed by atoms with Crippen molar-refractivity contribution in [1.82, 2.24) is 5.01 Å². The first kappa shape index (κ1) is 7.30. The zero-order valence-corrected chi connectivity index (χ0v) is 5.49. The zero-order chi connectivity index (χ0) is 7.56. The molecular weight excluding hydrogens is 136 g/mol. The first-order valence-corrected chi connectivity index (χ1v) is 3.06. The van der Waals surface area contributed by atoms with Crippen molar-refractivity contribution >= 4 is 6.09 Å². The van der Waals surface area contributed by atoms with Crippen LogP contribution in [0, 0.1) is 0 Å². The SMILES string of the molecule is NN(C(=O)O)[C@@H]1CCOC1. The molecule has 0 aliphatic carbocycles. The van der Waals surface area contributed by atoms with E-state index in [0.29, 0.717) is 19.6 Å². The monoisotopic (exact) mass is 146 g/mol. The Balaban J connectivity index is 2.39. The Morgan fingerprint density at radius 1 is 1.80 bits per heavy atom. The number of hydrogen-bond acceptors (Lipinski definition) is 3. The van der Waals surface area contributed by atoms with Gasteiger partial charge in [0.1, 0.15) is 0 Å². The minimum absolute atomic E-state index is 0.155. The lowest BCUT2D eigenvalue weighted by Gasteiger charge is -2.17. The predicted octanol–water partition coefficient (Wildman–Crippen LogP) is -0.371. The minimum Gasteiger partial charge on any atom is -0.464 e. The largest absolute Gasteiger partial charge is 0.464 e. The van der Waals surface area contributed by atoms with Gasteiger partial charge in [0.25, 0.3) is 0 Å². The van der Waals surface area contributed by atoms with E-state index in [0.717, 1.165) is 5.01 Å². The molecule has 0 spiro atoms. The molecule has 0 unspecified atom stereocenters. The van der Waals surface area contributed by atoms with Crippen LogP contribution in [0.25, 0.3) is 0 Å². The van der Waals surface area contributed by atoms with Crippen LogP contribution >= 0.6 is 0 Å². The van der Waals surface area contributed by atoms with Crippen LogP contribution in [-0.2, 0) is 4.74 Å². The summed E-state index contributed by atoms with van der Waals surface area (Å²) in [4.78, 5) is 10.2. The van der Waals surface area contributed by atoms with Crippen LogP contribution in [0.2, 0.25) is 0 Å². The molecule has 1 aliphatic heterocycles. The summed E-state index contributed by atoms with van der Waals surface area (Å²) in [6.07, 6.45) is -0.404. The zero-order valence-electron chi connectivity index (χ0n) is 5.49. The first-order valence-electron chi connectivity index (χ1n) is 3.06. The van der Waals surface area contributed by atoms with Gasteiger partial charge >= 0.3 is 6.09 Å². The van der Waals surface area contributed by atoms with Gasteiger partial charge in [0.05, 0.1) is 12.6 Å². The molecule has 0 aromatic heterocycles. The third kappa shape index (κ3) is 1.37. The molecule has 0 aromatic rings. The van der Waals surface area contributed by atoms with Gasteiger partial charge in [-0.05, 0) is 6.42 Å². The van der Waals surface area contributed by atoms with E-state index in [1.54, 1.807) is 0 Å². The fraction of sp³-hybridized carbons (Fsp3) is 0.800. The van der Waals surface area contributed by atoms with Crippen molar-refractivity contribution in [2.24, 2.45) is 5.84 Å². The summed E-state index contributed by atoms with van der Waals surface area (Å²) in [6.45, 7) is 1.02. The number of ether oxygens (including phenoxy) is 1. The van der Waals surface area contributed by atoms with Crippen LogP contribution in [0.1, 0.15) is 6.42 Å². The smallest absolute Gasteiger partial charge is 0.421 e. The lowest BCUT2D eigenvalue weighted by atomic mass is 10.3. The highest BCUT2D eigenvalue weighted by Gasteiger charge is 2.24. The molecule has 1 rings (SSSR count). The summed E-state index contributed by atoms with van der Waals surface area (Å²) < 4.78 is 4.94. The molecule has 1 fully saturated rings. The molecule has 0 bridgehead atoms. The van der Waals surface area contributed by atoms with Gasteiger partial charge < -0.3 is 9.84 Å². The summed E-state index contributed by atoms with van der Waals surface area (Å²) in [5.74, 6) is 5.18. The quantitative estimate of drug-likeness (QED) is 0.300. The van der Waals surface area contributed by atoms with Gasteiger partial charge in [0.15, 0.2) is 0 Å². The van der Waals surface area contributed by atoms with Crippen molar-refractivity contribution in [2.75, 3.05) is 13.2 Å². The van der Waals surface area contributed by atoms with E-state index >= 15 is 0 Å². The van der Waals surface area contributed by atoms with E-state index in [9.17, 15) is 4.79 Å². The van der Waals surface area contributed by atoms with Crippen LogP contribution in [-0.4, -0.2) is 35.5 Å². The molecule has 0 saturated carbocycles. The highest BCUT2D eigenvalue weighted by Crippen LogP contribution is 2.08. The summed E-state index contributed by atoms with van der Waals surface area (Å²) >= 11 is 0. The van der Waals surface area contributed by atoms with Gasteiger partial charge in [-0.2, -0.15) is 0 Å². The Hall–Kier alpha value is -0.810. The minimum atomic E-state index is -1.10. The first-order chi connectivity index (χ1) is 4.72. The van der Waals surface area contributed by atoms with Crippen molar-refractivity contribution < 1.29 is 14.6 Å². The van der Waals surface area contributed by atoms with Gasteiger partial charge in [0.2, 0.25) is 0 Å². The highest BCUT2D eigenvalue weighted by atomic mass is 16.5. The second kappa shape index (κ2) is 2.85.